The van der Waals surface area contributed by atoms with Crippen LogP contribution >= 0.6 is 11.8 Å². The molecule has 5 nitrogen and oxygen atoms in total. The Morgan fingerprint density at radius 3 is 2.76 bits per heavy atom. The summed E-state index contributed by atoms with van der Waals surface area (Å²) in [5, 5.41) is 10.9. The fourth-order valence-corrected chi connectivity index (χ4v) is 3.23. The van der Waals surface area contributed by atoms with E-state index in [1.54, 1.807) is 16.3 Å². The Kier molecular flexibility index (Phi) is 6.07. The number of hydrogen-bond donors (Lipinski definition) is 2. The van der Waals surface area contributed by atoms with Crippen molar-refractivity contribution in [2.75, 3.05) is 12.3 Å². The minimum atomic E-state index is -0.141. The second-order valence-corrected chi connectivity index (χ2v) is 5.77. The highest BCUT2D eigenvalue weighted by molar-refractivity contribution is 7.99. The molecular weight excluding hydrogens is 284 g/mol. The summed E-state index contributed by atoms with van der Waals surface area (Å²) >= 11 is 1.60. The number of aromatic nitrogens is 3. The van der Waals surface area contributed by atoms with Gasteiger partial charge in [0.25, 0.3) is 0 Å². The van der Waals surface area contributed by atoms with E-state index >= 15 is 0 Å². The summed E-state index contributed by atoms with van der Waals surface area (Å²) in [5.74, 6) is 0.842. The molecule has 1 unspecified atom stereocenters. The van der Waals surface area contributed by atoms with Crippen molar-refractivity contribution in [3.63, 3.8) is 0 Å². The van der Waals surface area contributed by atoms with Gasteiger partial charge in [0, 0.05) is 18.3 Å². The summed E-state index contributed by atoms with van der Waals surface area (Å²) in [7, 11) is 0. The van der Waals surface area contributed by atoms with Crippen molar-refractivity contribution in [1.82, 2.24) is 20.1 Å². The molecule has 0 spiro atoms. The van der Waals surface area contributed by atoms with Gasteiger partial charge >= 0.3 is 5.69 Å². The lowest BCUT2D eigenvalue weighted by atomic mass is 10.1. The molecule has 1 heterocycles. The van der Waals surface area contributed by atoms with Crippen LogP contribution in [0.15, 0.2) is 40.3 Å². The molecule has 0 aliphatic heterocycles. The van der Waals surface area contributed by atoms with E-state index < -0.39 is 0 Å². The van der Waals surface area contributed by atoms with E-state index in [9.17, 15) is 4.79 Å². The zero-order valence-corrected chi connectivity index (χ0v) is 13.3. The van der Waals surface area contributed by atoms with Gasteiger partial charge in [0.15, 0.2) is 5.16 Å². The average Bonchev–Trinajstić information content (AvgIpc) is 2.88. The quantitative estimate of drug-likeness (QED) is 0.735. The van der Waals surface area contributed by atoms with E-state index in [1.807, 2.05) is 13.0 Å². The minimum absolute atomic E-state index is 0.141. The molecule has 2 N–H and O–H groups in total. The maximum Gasteiger partial charge on any atom is 0.343 e. The number of rotatable bonds is 8. The van der Waals surface area contributed by atoms with Crippen LogP contribution in [0.4, 0.5) is 0 Å². The van der Waals surface area contributed by atoms with Crippen LogP contribution in [0.2, 0.25) is 0 Å². The fraction of sp³-hybridized carbons (Fsp3) is 0.467. The minimum Gasteiger partial charge on any atom is -0.309 e. The Bertz CT molecular complexity index is 593. The van der Waals surface area contributed by atoms with Gasteiger partial charge in [0.2, 0.25) is 0 Å². The van der Waals surface area contributed by atoms with Gasteiger partial charge in [-0.15, -0.1) is 5.10 Å². The highest BCUT2D eigenvalue weighted by atomic mass is 32.2. The van der Waals surface area contributed by atoms with Gasteiger partial charge in [-0.25, -0.2) is 9.89 Å². The Labute approximate surface area is 129 Å². The van der Waals surface area contributed by atoms with E-state index in [4.69, 9.17) is 0 Å². The number of H-pyrrole nitrogens is 1. The molecular formula is C15H22N4OS. The molecule has 0 radical (unpaired) electrons. The average molecular weight is 306 g/mol. The highest BCUT2D eigenvalue weighted by Crippen LogP contribution is 2.22. The lowest BCUT2D eigenvalue weighted by Crippen LogP contribution is -2.24. The number of thioether (sulfide) groups is 1. The first kappa shape index (κ1) is 15.9. The molecule has 0 aliphatic carbocycles. The zero-order chi connectivity index (χ0) is 15.1. The van der Waals surface area contributed by atoms with Gasteiger partial charge in [0.05, 0.1) is 0 Å². The Morgan fingerprint density at radius 1 is 1.33 bits per heavy atom. The second-order valence-electron chi connectivity index (χ2n) is 4.78. The molecule has 0 aliphatic rings. The van der Waals surface area contributed by atoms with Gasteiger partial charge < -0.3 is 5.32 Å². The number of aromatic amines is 1. The first-order valence-electron chi connectivity index (χ1n) is 7.32. The summed E-state index contributed by atoms with van der Waals surface area (Å²) < 4.78 is 1.66. The summed E-state index contributed by atoms with van der Waals surface area (Å²) in [6, 6.07) is 10.6. The van der Waals surface area contributed by atoms with Gasteiger partial charge in [-0.1, -0.05) is 49.0 Å². The smallest absolute Gasteiger partial charge is 0.309 e. The first-order valence-corrected chi connectivity index (χ1v) is 8.31. The molecule has 0 saturated carbocycles. The van der Waals surface area contributed by atoms with Crippen molar-refractivity contribution >= 4 is 11.8 Å². The van der Waals surface area contributed by atoms with Crippen molar-refractivity contribution < 1.29 is 0 Å². The number of nitrogens with zero attached hydrogens (tertiary/aromatic N) is 2. The second kappa shape index (κ2) is 8.05. The van der Waals surface area contributed by atoms with Crippen LogP contribution < -0.4 is 11.0 Å². The maximum absolute atomic E-state index is 11.6. The van der Waals surface area contributed by atoms with E-state index in [1.165, 1.54) is 5.56 Å². The number of benzene rings is 1. The Balaban J connectivity index is 2.07. The molecule has 0 amide bonds. The van der Waals surface area contributed by atoms with Crippen molar-refractivity contribution in [2.24, 2.45) is 0 Å². The van der Waals surface area contributed by atoms with E-state index in [2.05, 4.69) is 46.7 Å². The topological polar surface area (TPSA) is 62.7 Å². The monoisotopic (exact) mass is 306 g/mol. The molecule has 0 bridgehead atoms. The SMILES string of the molecule is CCCNC(CSc1n[nH]c(=O)n1CC)c1ccccc1. The standard InChI is InChI=1S/C15H22N4OS/c1-3-10-16-13(12-8-6-5-7-9-12)11-21-15-18-17-14(20)19(15)4-2/h5-9,13,16H,3-4,10-11H2,1-2H3,(H,17,20). The summed E-state index contributed by atoms with van der Waals surface area (Å²) in [5.41, 5.74) is 1.12. The molecule has 6 heteroatoms. The lowest BCUT2D eigenvalue weighted by Gasteiger charge is -2.18. The summed E-state index contributed by atoms with van der Waals surface area (Å²) in [6.45, 7) is 5.72. The summed E-state index contributed by atoms with van der Waals surface area (Å²) in [4.78, 5) is 11.6. The molecule has 21 heavy (non-hydrogen) atoms. The summed E-state index contributed by atoms with van der Waals surface area (Å²) in [6.07, 6.45) is 1.09. The van der Waals surface area contributed by atoms with Crippen LogP contribution in [-0.4, -0.2) is 27.1 Å². The molecule has 1 aromatic carbocycles. The number of nitrogens with one attached hydrogen (secondary N) is 2. The zero-order valence-electron chi connectivity index (χ0n) is 12.5. The largest absolute Gasteiger partial charge is 0.343 e. The van der Waals surface area contributed by atoms with Crippen molar-refractivity contribution in [2.45, 2.75) is 38.0 Å². The van der Waals surface area contributed by atoms with Gasteiger partial charge in [-0.2, -0.15) is 0 Å². The molecule has 114 valence electrons. The fourth-order valence-electron chi connectivity index (χ4n) is 2.13. The Hall–Kier alpha value is -1.53. The van der Waals surface area contributed by atoms with Crippen molar-refractivity contribution in [3.05, 3.63) is 46.4 Å². The lowest BCUT2D eigenvalue weighted by molar-refractivity contribution is 0.575. The van der Waals surface area contributed by atoms with E-state index in [-0.39, 0.29) is 11.7 Å². The predicted molar refractivity (Wildman–Crippen MR) is 86.7 cm³/mol. The maximum atomic E-state index is 11.6. The van der Waals surface area contributed by atoms with Crippen LogP contribution in [0.25, 0.3) is 0 Å². The third kappa shape index (κ3) is 4.22. The van der Waals surface area contributed by atoms with Crippen LogP contribution in [0.1, 0.15) is 31.9 Å². The van der Waals surface area contributed by atoms with Gasteiger partial charge in [-0.3, -0.25) is 4.57 Å². The van der Waals surface area contributed by atoms with Crippen molar-refractivity contribution in [3.8, 4) is 0 Å². The molecule has 2 rings (SSSR count). The number of hydrogen-bond acceptors (Lipinski definition) is 4. The van der Waals surface area contributed by atoms with Crippen LogP contribution in [0.3, 0.4) is 0 Å². The van der Waals surface area contributed by atoms with Gasteiger partial charge in [-0.05, 0) is 25.5 Å². The van der Waals surface area contributed by atoms with Crippen LogP contribution in [0, 0.1) is 0 Å². The molecule has 0 fully saturated rings. The molecule has 2 aromatic rings. The van der Waals surface area contributed by atoms with E-state index in [0.29, 0.717) is 6.54 Å². The first-order chi connectivity index (χ1) is 10.3. The molecule has 0 saturated heterocycles. The van der Waals surface area contributed by atoms with Crippen LogP contribution in [0.5, 0.6) is 0 Å². The highest BCUT2D eigenvalue weighted by Gasteiger charge is 2.14. The van der Waals surface area contributed by atoms with E-state index in [0.717, 1.165) is 23.9 Å². The Morgan fingerprint density at radius 2 is 2.10 bits per heavy atom. The molecule has 1 aromatic heterocycles. The van der Waals surface area contributed by atoms with Crippen LogP contribution in [-0.2, 0) is 6.54 Å². The molecule has 1 atom stereocenters. The van der Waals surface area contributed by atoms with Crippen molar-refractivity contribution in [1.29, 1.82) is 0 Å². The third-order valence-corrected chi connectivity index (χ3v) is 4.33. The normalized spacial score (nSPS) is 12.5. The predicted octanol–water partition coefficient (Wildman–Crippen LogP) is 2.42. The third-order valence-electron chi connectivity index (χ3n) is 3.26. The van der Waals surface area contributed by atoms with Gasteiger partial charge in [0.1, 0.15) is 0 Å².